The second-order valence-electron chi connectivity index (χ2n) is 15.4. The lowest BCUT2D eigenvalue weighted by atomic mass is 9.80. The normalized spacial score (nSPS) is 11.6. The maximum Gasteiger partial charge on any atom is -0.00608 e. The van der Waals surface area contributed by atoms with E-state index in [1.807, 2.05) is 0 Å². The van der Waals surface area contributed by atoms with Crippen molar-refractivity contribution in [2.24, 2.45) is 0 Å². The minimum atomic E-state index is 1.24. The molecule has 0 spiro atoms. The monoisotopic (exact) mass is 714 g/mol. The van der Waals surface area contributed by atoms with Crippen LogP contribution in [-0.2, 0) is 0 Å². The zero-order valence-electron chi connectivity index (χ0n) is 32.3. The maximum absolute atomic E-state index is 2.42. The summed E-state index contributed by atoms with van der Waals surface area (Å²) in [6.07, 6.45) is 0. The highest BCUT2D eigenvalue weighted by Crippen LogP contribution is 2.47. The van der Waals surface area contributed by atoms with E-state index in [1.165, 1.54) is 121 Å². The van der Waals surface area contributed by atoms with Gasteiger partial charge in [-0.3, -0.25) is 0 Å². The quantitative estimate of drug-likeness (QED) is 0.166. The highest BCUT2D eigenvalue weighted by Gasteiger charge is 2.22. The van der Waals surface area contributed by atoms with Gasteiger partial charge in [0.15, 0.2) is 0 Å². The summed E-state index contributed by atoms with van der Waals surface area (Å²) in [5.74, 6) is 0. The SMILES string of the molecule is Cc1ccc(-c2cccc3ccccc23)cc1-c1cc2ccccc2c(-c2c(C)c(-c3cc(-c4cccc5ccccc45)ccc3C)cc3ccccc23)c1C. The molecular weight excluding hydrogens is 673 g/mol. The number of aryl methyl sites for hydroxylation is 2. The Morgan fingerprint density at radius 3 is 1.04 bits per heavy atom. The molecule has 10 rings (SSSR count). The van der Waals surface area contributed by atoms with Crippen molar-refractivity contribution in [3.8, 4) is 55.6 Å². The fourth-order valence-corrected chi connectivity index (χ4v) is 9.22. The van der Waals surface area contributed by atoms with Gasteiger partial charge in [0, 0.05) is 0 Å². The second kappa shape index (κ2) is 13.5. The van der Waals surface area contributed by atoms with Crippen molar-refractivity contribution < 1.29 is 0 Å². The van der Waals surface area contributed by atoms with Crippen LogP contribution >= 0.6 is 0 Å². The summed E-state index contributed by atoms with van der Waals surface area (Å²) < 4.78 is 0. The molecule has 0 unspecified atom stereocenters. The van der Waals surface area contributed by atoms with Crippen molar-refractivity contribution in [2.45, 2.75) is 27.7 Å². The molecule has 0 aromatic heterocycles. The highest BCUT2D eigenvalue weighted by molar-refractivity contribution is 6.12. The Balaban J connectivity index is 1.23. The summed E-state index contributed by atoms with van der Waals surface area (Å²) in [5, 5.41) is 10.1. The summed E-state index contributed by atoms with van der Waals surface area (Å²) >= 11 is 0. The molecule has 10 aromatic carbocycles. The van der Waals surface area contributed by atoms with Gasteiger partial charge in [0.2, 0.25) is 0 Å². The Labute approximate surface area is 329 Å². The molecule has 0 heterocycles. The minimum Gasteiger partial charge on any atom is -0.0616 e. The Kier molecular flexibility index (Phi) is 8.15. The molecule has 0 aliphatic heterocycles. The van der Waals surface area contributed by atoms with Crippen LogP contribution in [0.1, 0.15) is 22.3 Å². The number of benzene rings is 10. The Morgan fingerprint density at radius 2 is 0.607 bits per heavy atom. The van der Waals surface area contributed by atoms with Gasteiger partial charge in [0.1, 0.15) is 0 Å². The van der Waals surface area contributed by atoms with Crippen molar-refractivity contribution in [1.82, 2.24) is 0 Å². The van der Waals surface area contributed by atoms with E-state index in [1.54, 1.807) is 0 Å². The molecular formula is C56H42. The van der Waals surface area contributed by atoms with E-state index in [2.05, 4.69) is 210 Å². The van der Waals surface area contributed by atoms with E-state index in [0.717, 1.165) is 0 Å². The lowest BCUT2D eigenvalue weighted by Gasteiger charge is -2.23. The van der Waals surface area contributed by atoms with Crippen molar-refractivity contribution in [2.75, 3.05) is 0 Å². The van der Waals surface area contributed by atoms with Gasteiger partial charge in [-0.2, -0.15) is 0 Å². The third-order valence-corrected chi connectivity index (χ3v) is 12.1. The smallest absolute Gasteiger partial charge is 0.00608 e. The van der Waals surface area contributed by atoms with Gasteiger partial charge >= 0.3 is 0 Å². The van der Waals surface area contributed by atoms with E-state index >= 15 is 0 Å². The molecule has 266 valence electrons. The van der Waals surface area contributed by atoms with Gasteiger partial charge in [-0.15, -0.1) is 0 Å². The molecule has 56 heavy (non-hydrogen) atoms. The van der Waals surface area contributed by atoms with Crippen LogP contribution in [0.2, 0.25) is 0 Å². The van der Waals surface area contributed by atoms with E-state index in [4.69, 9.17) is 0 Å². The third kappa shape index (κ3) is 5.52. The van der Waals surface area contributed by atoms with E-state index in [0.29, 0.717) is 0 Å². The summed E-state index contributed by atoms with van der Waals surface area (Å²) in [6, 6.07) is 67.5. The molecule has 0 N–H and O–H groups in total. The molecule has 0 heteroatoms. The molecule has 10 aromatic rings. The van der Waals surface area contributed by atoms with Crippen molar-refractivity contribution >= 4 is 43.1 Å². The molecule has 0 fully saturated rings. The summed E-state index contributed by atoms with van der Waals surface area (Å²) in [4.78, 5) is 0. The Bertz CT molecular complexity index is 2950. The highest BCUT2D eigenvalue weighted by atomic mass is 14.3. The van der Waals surface area contributed by atoms with Crippen LogP contribution in [0.4, 0.5) is 0 Å². The van der Waals surface area contributed by atoms with Gasteiger partial charge in [0.05, 0.1) is 0 Å². The van der Waals surface area contributed by atoms with E-state index in [9.17, 15) is 0 Å². The van der Waals surface area contributed by atoms with Gasteiger partial charge in [0.25, 0.3) is 0 Å². The van der Waals surface area contributed by atoms with Crippen LogP contribution in [-0.4, -0.2) is 0 Å². The molecule has 0 amide bonds. The maximum atomic E-state index is 2.42. The van der Waals surface area contributed by atoms with Gasteiger partial charge < -0.3 is 0 Å². The first-order chi connectivity index (χ1) is 27.4. The zero-order valence-corrected chi connectivity index (χ0v) is 32.3. The van der Waals surface area contributed by atoms with Crippen LogP contribution in [0.25, 0.3) is 98.7 Å². The van der Waals surface area contributed by atoms with Crippen molar-refractivity contribution in [3.05, 3.63) is 204 Å². The van der Waals surface area contributed by atoms with Crippen LogP contribution in [0, 0.1) is 27.7 Å². The molecule has 0 radical (unpaired) electrons. The van der Waals surface area contributed by atoms with Gasteiger partial charge in [-0.05, 0) is 173 Å². The fraction of sp³-hybridized carbons (Fsp3) is 0.0714. The van der Waals surface area contributed by atoms with Gasteiger partial charge in [-0.25, -0.2) is 0 Å². The number of hydrogen-bond donors (Lipinski definition) is 0. The summed E-state index contributed by atoms with van der Waals surface area (Å²) in [6.45, 7) is 9.19. The lowest BCUT2D eigenvalue weighted by Crippen LogP contribution is -1.98. The largest absolute Gasteiger partial charge is 0.0616 e. The second-order valence-corrected chi connectivity index (χ2v) is 15.4. The van der Waals surface area contributed by atoms with Crippen molar-refractivity contribution in [3.63, 3.8) is 0 Å². The topological polar surface area (TPSA) is 0 Å². The Morgan fingerprint density at radius 1 is 0.250 bits per heavy atom. The molecule has 0 bridgehead atoms. The summed E-state index contributed by atoms with van der Waals surface area (Å²) in [5.41, 5.74) is 17.9. The first-order valence-electron chi connectivity index (χ1n) is 19.7. The lowest BCUT2D eigenvalue weighted by molar-refractivity contribution is 1.40. The molecule has 0 atom stereocenters. The van der Waals surface area contributed by atoms with Crippen LogP contribution < -0.4 is 0 Å². The average molecular weight is 715 g/mol. The minimum absolute atomic E-state index is 1.24. The first kappa shape index (κ1) is 33.8. The number of rotatable bonds is 5. The number of hydrogen-bond acceptors (Lipinski definition) is 0. The van der Waals surface area contributed by atoms with Crippen LogP contribution in [0.5, 0.6) is 0 Å². The Hall–Kier alpha value is -6.76. The first-order valence-corrected chi connectivity index (χ1v) is 19.7. The van der Waals surface area contributed by atoms with Crippen LogP contribution in [0.15, 0.2) is 182 Å². The average Bonchev–Trinajstić information content (AvgIpc) is 3.24. The molecule has 0 aliphatic rings. The fourth-order valence-electron chi connectivity index (χ4n) is 9.22. The predicted octanol–water partition coefficient (Wildman–Crippen LogP) is 15.9. The number of fused-ring (bicyclic) bond motifs is 4. The molecule has 0 aliphatic carbocycles. The molecule has 0 saturated heterocycles. The zero-order chi connectivity index (χ0) is 37.9. The van der Waals surface area contributed by atoms with Gasteiger partial charge in [-0.1, -0.05) is 158 Å². The van der Waals surface area contributed by atoms with Crippen LogP contribution in [0.3, 0.4) is 0 Å². The summed E-state index contributed by atoms with van der Waals surface area (Å²) in [7, 11) is 0. The third-order valence-electron chi connectivity index (χ3n) is 12.1. The van der Waals surface area contributed by atoms with Crippen molar-refractivity contribution in [1.29, 1.82) is 0 Å². The predicted molar refractivity (Wildman–Crippen MR) is 243 cm³/mol. The molecule has 0 saturated carbocycles. The van der Waals surface area contributed by atoms with E-state index < -0.39 is 0 Å². The van der Waals surface area contributed by atoms with E-state index in [-0.39, 0.29) is 0 Å². The standard InChI is InChI=1S/C56H42/c1-35-27-29-43(47-25-13-19-39-15-5-9-21-45(39)47)31-51(35)53-33-41-17-7-11-23-49(41)55(37(53)3)56-38(4)54(34-42-18-8-12-24-50(42)56)52-32-44(30-28-36(52)2)48-26-14-20-40-16-6-10-22-46(40)48/h5-34H,1-4H3. The molecule has 0 nitrogen and oxygen atoms in total.